The number of anilines is 2. The summed E-state index contributed by atoms with van der Waals surface area (Å²) < 4.78 is 70.2. The molecule has 174 valence electrons. The Morgan fingerprint density at radius 2 is 1.72 bits per heavy atom. The average molecular weight is 485 g/mol. The number of carbonyl (C=O) groups excluding carboxylic acids is 1. The largest absolute Gasteiger partial charge is 0.493 e. The van der Waals surface area contributed by atoms with Crippen molar-refractivity contribution in [2.45, 2.75) is 18.7 Å². The minimum Gasteiger partial charge on any atom is -0.493 e. The molecule has 3 rings (SSSR count). The van der Waals surface area contributed by atoms with Crippen LogP contribution in [0.4, 0.5) is 11.4 Å². The van der Waals surface area contributed by atoms with Crippen molar-refractivity contribution in [1.29, 1.82) is 0 Å². The van der Waals surface area contributed by atoms with E-state index in [1.165, 1.54) is 51.5 Å². The second-order valence-corrected chi connectivity index (χ2v) is 10.5. The Hall–Kier alpha value is -2.99. The van der Waals surface area contributed by atoms with Crippen molar-refractivity contribution in [2.75, 3.05) is 35.6 Å². The molecule has 0 saturated carbocycles. The van der Waals surface area contributed by atoms with Crippen LogP contribution in [0.2, 0.25) is 0 Å². The first-order valence-corrected chi connectivity index (χ1v) is 12.7. The summed E-state index contributed by atoms with van der Waals surface area (Å²) in [5, 5.41) is 0. The number of hydrogen-bond acceptors (Lipinski definition) is 8. The number of ether oxygens (including phenoxy) is 3. The number of amides is 1. The minimum absolute atomic E-state index is 0.0151. The summed E-state index contributed by atoms with van der Waals surface area (Å²) in [6, 6.07) is 8.24. The molecule has 12 heteroatoms. The van der Waals surface area contributed by atoms with Crippen LogP contribution < -0.4 is 23.2 Å². The van der Waals surface area contributed by atoms with Crippen LogP contribution >= 0.6 is 0 Å². The predicted molar refractivity (Wildman–Crippen MR) is 118 cm³/mol. The summed E-state index contributed by atoms with van der Waals surface area (Å²) in [6.07, 6.45) is 0. The molecule has 1 amide bonds. The van der Waals surface area contributed by atoms with Gasteiger partial charge in [0.1, 0.15) is 10.6 Å². The molecule has 2 aromatic carbocycles. The molecule has 0 bridgehead atoms. The molecular formula is C20H24N2O8S2. The van der Waals surface area contributed by atoms with Crippen LogP contribution in [0, 0.1) is 5.92 Å². The van der Waals surface area contributed by atoms with Crippen molar-refractivity contribution < 1.29 is 35.8 Å². The second-order valence-electron chi connectivity index (χ2n) is 7.02. The third kappa shape index (κ3) is 4.46. The predicted octanol–water partition coefficient (Wildman–Crippen LogP) is 2.22. The Bertz CT molecular complexity index is 1240. The summed E-state index contributed by atoms with van der Waals surface area (Å²) in [5.74, 6) is -0.942. The number of nitrogens with zero attached hydrogens (tertiary/aromatic N) is 1. The number of methoxy groups -OCH3 is 2. The normalized spacial score (nSPS) is 17.8. The summed E-state index contributed by atoms with van der Waals surface area (Å²) >= 11 is 0. The third-order valence-corrected chi connectivity index (χ3v) is 8.02. The molecule has 1 unspecified atom stereocenters. The smallest absolute Gasteiger partial charge is 0.265 e. The van der Waals surface area contributed by atoms with Gasteiger partial charge in [-0.05, 0) is 37.3 Å². The third-order valence-electron chi connectivity index (χ3n) is 4.75. The van der Waals surface area contributed by atoms with E-state index in [-0.39, 0.29) is 34.4 Å². The number of rotatable bonds is 8. The monoisotopic (exact) mass is 484 g/mol. The first-order valence-electron chi connectivity index (χ1n) is 9.62. The molecule has 10 nitrogen and oxygen atoms in total. The molecular weight excluding hydrogens is 460 g/mol. The van der Waals surface area contributed by atoms with Crippen molar-refractivity contribution in [3.05, 3.63) is 36.4 Å². The van der Waals surface area contributed by atoms with Crippen molar-refractivity contribution in [1.82, 2.24) is 0 Å². The van der Waals surface area contributed by atoms with Crippen molar-refractivity contribution >= 4 is 37.3 Å². The molecule has 0 aromatic heterocycles. The Balaban J connectivity index is 2.07. The number of carbonyl (C=O) groups is 1. The number of benzene rings is 2. The van der Waals surface area contributed by atoms with Gasteiger partial charge < -0.3 is 14.2 Å². The summed E-state index contributed by atoms with van der Waals surface area (Å²) in [5.41, 5.74) is 0.115. The van der Waals surface area contributed by atoms with Gasteiger partial charge in [-0.1, -0.05) is 6.92 Å². The lowest BCUT2D eigenvalue weighted by Crippen LogP contribution is -2.30. The van der Waals surface area contributed by atoms with Crippen molar-refractivity contribution in [3.63, 3.8) is 0 Å². The van der Waals surface area contributed by atoms with E-state index in [0.717, 1.165) is 6.07 Å². The van der Waals surface area contributed by atoms with Crippen LogP contribution in [-0.4, -0.2) is 49.3 Å². The molecule has 1 aliphatic heterocycles. The molecule has 1 aliphatic rings. The lowest BCUT2D eigenvalue weighted by atomic mass is 10.2. The number of sulfonamides is 2. The molecule has 1 fully saturated rings. The van der Waals surface area contributed by atoms with E-state index >= 15 is 0 Å². The quantitative estimate of drug-likeness (QED) is 0.604. The van der Waals surface area contributed by atoms with Gasteiger partial charge in [0.05, 0.1) is 43.9 Å². The minimum atomic E-state index is -4.24. The molecule has 1 atom stereocenters. The van der Waals surface area contributed by atoms with E-state index in [1.807, 2.05) is 0 Å². The Labute approximate surface area is 187 Å². The van der Waals surface area contributed by atoms with Crippen LogP contribution in [0.3, 0.4) is 0 Å². The maximum Gasteiger partial charge on any atom is 0.265 e. The maximum absolute atomic E-state index is 13.2. The zero-order chi connectivity index (χ0) is 23.7. The molecule has 1 N–H and O–H groups in total. The van der Waals surface area contributed by atoms with Gasteiger partial charge in [0, 0.05) is 6.07 Å². The fourth-order valence-corrected chi connectivity index (χ4v) is 6.33. The van der Waals surface area contributed by atoms with Gasteiger partial charge in [-0.15, -0.1) is 0 Å². The molecule has 2 aromatic rings. The topological polar surface area (TPSA) is 128 Å². The zero-order valence-corrected chi connectivity index (χ0v) is 19.6. The van der Waals surface area contributed by atoms with Crippen LogP contribution in [0.15, 0.2) is 41.3 Å². The highest BCUT2D eigenvalue weighted by Crippen LogP contribution is 2.36. The molecule has 1 saturated heterocycles. The van der Waals surface area contributed by atoms with E-state index in [4.69, 9.17) is 14.2 Å². The highest BCUT2D eigenvalue weighted by atomic mass is 32.2. The highest BCUT2D eigenvalue weighted by molar-refractivity contribution is 7.94. The van der Waals surface area contributed by atoms with Crippen molar-refractivity contribution in [2.24, 2.45) is 5.92 Å². The van der Waals surface area contributed by atoms with Crippen LogP contribution in [-0.2, 0) is 24.8 Å². The molecule has 32 heavy (non-hydrogen) atoms. The Kier molecular flexibility index (Phi) is 6.56. The summed E-state index contributed by atoms with van der Waals surface area (Å²) in [4.78, 5) is 12.1. The van der Waals surface area contributed by atoms with E-state index in [2.05, 4.69) is 4.72 Å². The lowest BCUT2D eigenvalue weighted by Gasteiger charge is -2.19. The van der Waals surface area contributed by atoms with Crippen LogP contribution in [0.1, 0.15) is 13.8 Å². The number of nitrogens with one attached hydrogen (secondary N) is 1. The Morgan fingerprint density at radius 3 is 2.28 bits per heavy atom. The van der Waals surface area contributed by atoms with E-state index in [1.54, 1.807) is 6.92 Å². The average Bonchev–Trinajstić information content (AvgIpc) is 2.94. The van der Waals surface area contributed by atoms with E-state index in [9.17, 15) is 21.6 Å². The molecule has 0 radical (unpaired) electrons. The molecule has 0 spiro atoms. The van der Waals surface area contributed by atoms with E-state index in [0.29, 0.717) is 15.8 Å². The van der Waals surface area contributed by atoms with Gasteiger partial charge in [-0.2, -0.15) is 0 Å². The fraction of sp³-hybridized carbons (Fsp3) is 0.350. The van der Waals surface area contributed by atoms with Gasteiger partial charge in [-0.25, -0.2) is 21.1 Å². The zero-order valence-electron chi connectivity index (χ0n) is 18.0. The van der Waals surface area contributed by atoms with Crippen molar-refractivity contribution in [3.8, 4) is 17.2 Å². The maximum atomic E-state index is 13.2. The van der Waals surface area contributed by atoms with Crippen LogP contribution in [0.5, 0.6) is 17.2 Å². The summed E-state index contributed by atoms with van der Waals surface area (Å²) in [6.45, 7) is 3.36. The van der Waals surface area contributed by atoms with Crippen LogP contribution in [0.25, 0.3) is 0 Å². The molecule has 0 aliphatic carbocycles. The van der Waals surface area contributed by atoms with E-state index < -0.39 is 31.9 Å². The van der Waals surface area contributed by atoms with Gasteiger partial charge in [-0.3, -0.25) is 9.52 Å². The lowest BCUT2D eigenvalue weighted by molar-refractivity contribution is -0.119. The van der Waals surface area contributed by atoms with Gasteiger partial charge in [0.2, 0.25) is 15.9 Å². The molecule has 1 heterocycles. The highest BCUT2D eigenvalue weighted by Gasteiger charge is 2.42. The SMILES string of the molecule is CCOc1ccc(N2C(=O)C(C)CS2(=O)=O)cc1S(=O)(=O)Nc1ccc(OC)c(OC)c1. The fourth-order valence-electron chi connectivity index (χ4n) is 3.30. The number of hydrogen-bond donors (Lipinski definition) is 1. The first kappa shape index (κ1) is 23.7. The standard InChI is InChI=1S/C20H24N2O8S2/c1-5-30-17-9-7-15(22-20(23)13(2)12-31(22,24)25)11-19(17)32(26,27)21-14-6-8-16(28-3)18(10-14)29-4/h6-11,13,21H,5,12H2,1-4H3. The summed E-state index contributed by atoms with van der Waals surface area (Å²) in [7, 11) is -5.27. The van der Waals surface area contributed by atoms with Gasteiger partial charge in [0.15, 0.2) is 11.5 Å². The Morgan fingerprint density at radius 1 is 1.06 bits per heavy atom. The first-order chi connectivity index (χ1) is 15.0. The van der Waals surface area contributed by atoms with Gasteiger partial charge in [0.25, 0.3) is 10.0 Å². The van der Waals surface area contributed by atoms with Gasteiger partial charge >= 0.3 is 0 Å². The second kappa shape index (κ2) is 8.87.